The topological polar surface area (TPSA) is 98.0 Å². The fourth-order valence-corrected chi connectivity index (χ4v) is 3.19. The highest BCUT2D eigenvalue weighted by Crippen LogP contribution is 2.17. The number of aromatic nitrogens is 3. The van der Waals surface area contributed by atoms with Crippen LogP contribution in [0.4, 0.5) is 4.39 Å². The summed E-state index contributed by atoms with van der Waals surface area (Å²) in [5, 5.41) is 3.78. The van der Waals surface area contributed by atoms with Crippen LogP contribution in [0.1, 0.15) is 18.4 Å². The summed E-state index contributed by atoms with van der Waals surface area (Å²) in [5.74, 6) is -0.0330. The quantitative estimate of drug-likeness (QED) is 0.712. The Balaban J connectivity index is 1.74. The normalized spacial score (nSPS) is 11.9. The van der Waals surface area contributed by atoms with E-state index in [2.05, 4.69) is 19.8 Å². The maximum absolute atomic E-state index is 13.2. The van der Waals surface area contributed by atoms with E-state index in [1.165, 1.54) is 24.4 Å². The number of nitrogens with zero attached hydrogens (tertiary/aromatic N) is 3. The molecule has 0 atom stereocenters. The molecule has 1 N–H and O–H groups in total. The van der Waals surface area contributed by atoms with Gasteiger partial charge in [0.2, 0.25) is 15.8 Å². The zero-order valence-electron chi connectivity index (χ0n) is 13.8. The van der Waals surface area contributed by atoms with Crippen LogP contribution < -0.4 is 4.72 Å². The van der Waals surface area contributed by atoms with Gasteiger partial charge in [0.05, 0.1) is 11.1 Å². The molecule has 2 aromatic heterocycles. The van der Waals surface area contributed by atoms with Gasteiger partial charge in [-0.05, 0) is 29.8 Å². The standard InChI is InChI=1S/C17H15FN4O3S/c1-2-20-26(23,24)15-6-3-12(4-7-15)5-8-16-21-17(22-25-16)13-9-14(18)11-19-10-13/h3-11,20H,2H2,1H3/b8-5+. The van der Waals surface area contributed by atoms with Crippen molar-refractivity contribution in [3.63, 3.8) is 0 Å². The SMILES string of the molecule is CCNS(=O)(=O)c1ccc(/C=C/c2nc(-c3cncc(F)c3)no2)cc1. The van der Waals surface area contributed by atoms with Crippen LogP contribution in [-0.2, 0) is 10.0 Å². The molecule has 0 amide bonds. The van der Waals surface area contributed by atoms with E-state index in [0.29, 0.717) is 12.1 Å². The van der Waals surface area contributed by atoms with Crippen LogP contribution in [0.25, 0.3) is 23.5 Å². The summed E-state index contributed by atoms with van der Waals surface area (Å²) in [4.78, 5) is 8.07. The Hall–Kier alpha value is -2.91. The largest absolute Gasteiger partial charge is 0.334 e. The molecule has 0 aliphatic carbocycles. The second kappa shape index (κ2) is 7.54. The molecule has 0 fully saturated rings. The fourth-order valence-electron chi connectivity index (χ4n) is 2.15. The highest BCUT2D eigenvalue weighted by molar-refractivity contribution is 7.89. The molecule has 0 spiro atoms. The molecule has 7 nitrogen and oxygen atoms in total. The first-order valence-corrected chi connectivity index (χ1v) is 9.19. The molecule has 0 saturated heterocycles. The summed E-state index contributed by atoms with van der Waals surface area (Å²) in [6.45, 7) is 2.04. The van der Waals surface area contributed by atoms with Crippen LogP contribution in [0, 0.1) is 5.82 Å². The van der Waals surface area contributed by atoms with E-state index in [1.54, 1.807) is 31.2 Å². The first-order valence-electron chi connectivity index (χ1n) is 7.70. The lowest BCUT2D eigenvalue weighted by atomic mass is 10.2. The number of hydrogen-bond acceptors (Lipinski definition) is 6. The predicted octanol–water partition coefficient (Wildman–Crippen LogP) is 2.74. The number of halogens is 1. The maximum Gasteiger partial charge on any atom is 0.250 e. The predicted molar refractivity (Wildman–Crippen MR) is 93.7 cm³/mol. The molecule has 3 rings (SSSR count). The van der Waals surface area contributed by atoms with Crippen molar-refractivity contribution in [3.8, 4) is 11.4 Å². The number of sulfonamides is 1. The lowest BCUT2D eigenvalue weighted by Crippen LogP contribution is -2.22. The second-order valence-electron chi connectivity index (χ2n) is 5.25. The Labute approximate surface area is 149 Å². The molecular formula is C17H15FN4O3S. The van der Waals surface area contributed by atoms with Crippen LogP contribution in [0.15, 0.2) is 52.1 Å². The third kappa shape index (κ3) is 4.19. The molecule has 134 valence electrons. The van der Waals surface area contributed by atoms with Crippen LogP contribution in [0.3, 0.4) is 0 Å². The molecule has 0 unspecified atom stereocenters. The van der Waals surface area contributed by atoms with Gasteiger partial charge in [-0.2, -0.15) is 4.98 Å². The Morgan fingerprint density at radius 2 is 1.96 bits per heavy atom. The lowest BCUT2D eigenvalue weighted by Gasteiger charge is -2.04. The smallest absolute Gasteiger partial charge is 0.250 e. The zero-order chi connectivity index (χ0) is 18.6. The van der Waals surface area contributed by atoms with E-state index < -0.39 is 15.8 Å². The summed E-state index contributed by atoms with van der Waals surface area (Å²) >= 11 is 0. The van der Waals surface area contributed by atoms with Crippen molar-refractivity contribution in [1.82, 2.24) is 19.8 Å². The number of pyridine rings is 1. The number of hydrogen-bond donors (Lipinski definition) is 1. The number of nitrogens with one attached hydrogen (secondary N) is 1. The van der Waals surface area contributed by atoms with Crippen molar-refractivity contribution < 1.29 is 17.3 Å². The van der Waals surface area contributed by atoms with Crippen molar-refractivity contribution in [2.24, 2.45) is 0 Å². The molecule has 3 aromatic rings. The summed E-state index contributed by atoms with van der Waals surface area (Å²) in [6.07, 6.45) is 5.80. The molecule has 2 heterocycles. The highest BCUT2D eigenvalue weighted by Gasteiger charge is 2.11. The van der Waals surface area contributed by atoms with E-state index in [-0.39, 0.29) is 16.6 Å². The van der Waals surface area contributed by atoms with Gasteiger partial charge in [0, 0.05) is 24.4 Å². The highest BCUT2D eigenvalue weighted by atomic mass is 32.2. The van der Waals surface area contributed by atoms with E-state index in [4.69, 9.17) is 4.52 Å². The van der Waals surface area contributed by atoms with Gasteiger partial charge in [0.15, 0.2) is 0 Å². The van der Waals surface area contributed by atoms with Gasteiger partial charge in [0.25, 0.3) is 5.89 Å². The lowest BCUT2D eigenvalue weighted by molar-refractivity contribution is 0.411. The molecule has 0 saturated carbocycles. The maximum atomic E-state index is 13.2. The summed E-state index contributed by atoms with van der Waals surface area (Å²) in [6, 6.07) is 7.60. The molecule has 0 bridgehead atoms. The van der Waals surface area contributed by atoms with Crippen molar-refractivity contribution >= 4 is 22.2 Å². The van der Waals surface area contributed by atoms with Gasteiger partial charge in [-0.15, -0.1) is 0 Å². The van der Waals surface area contributed by atoms with Crippen molar-refractivity contribution in [2.75, 3.05) is 6.54 Å². The minimum absolute atomic E-state index is 0.190. The van der Waals surface area contributed by atoms with Crippen molar-refractivity contribution in [1.29, 1.82) is 0 Å². The summed E-state index contributed by atoms with van der Waals surface area (Å²) < 4.78 is 44.5. The van der Waals surface area contributed by atoms with Crippen LogP contribution >= 0.6 is 0 Å². The van der Waals surface area contributed by atoms with Crippen molar-refractivity contribution in [2.45, 2.75) is 11.8 Å². The Morgan fingerprint density at radius 1 is 1.19 bits per heavy atom. The third-order valence-corrected chi connectivity index (χ3v) is 4.91. The Kier molecular flexibility index (Phi) is 5.19. The first-order chi connectivity index (χ1) is 12.5. The average Bonchev–Trinajstić information content (AvgIpc) is 3.09. The Bertz CT molecular complexity index is 1030. The molecular weight excluding hydrogens is 359 g/mol. The minimum atomic E-state index is -3.48. The van der Waals surface area contributed by atoms with Crippen LogP contribution in [0.5, 0.6) is 0 Å². The molecule has 0 aliphatic heterocycles. The van der Waals surface area contributed by atoms with Crippen LogP contribution in [-0.4, -0.2) is 30.1 Å². The van der Waals surface area contributed by atoms with Gasteiger partial charge in [-0.3, -0.25) is 4.98 Å². The van der Waals surface area contributed by atoms with Gasteiger partial charge in [-0.1, -0.05) is 24.2 Å². The van der Waals surface area contributed by atoms with Crippen LogP contribution in [0.2, 0.25) is 0 Å². The minimum Gasteiger partial charge on any atom is -0.334 e. The second-order valence-corrected chi connectivity index (χ2v) is 7.02. The average molecular weight is 374 g/mol. The van der Waals surface area contributed by atoms with E-state index in [1.807, 2.05) is 0 Å². The van der Waals surface area contributed by atoms with Crippen molar-refractivity contribution in [3.05, 3.63) is 60.0 Å². The number of benzene rings is 1. The van der Waals surface area contributed by atoms with E-state index in [9.17, 15) is 12.8 Å². The Morgan fingerprint density at radius 3 is 2.65 bits per heavy atom. The third-order valence-electron chi connectivity index (χ3n) is 3.35. The monoisotopic (exact) mass is 374 g/mol. The summed E-state index contributed by atoms with van der Waals surface area (Å²) in [5.41, 5.74) is 1.17. The fraction of sp³-hybridized carbons (Fsp3) is 0.118. The summed E-state index contributed by atoms with van der Waals surface area (Å²) in [7, 11) is -3.48. The first kappa shape index (κ1) is 17.9. The zero-order valence-corrected chi connectivity index (χ0v) is 14.6. The van der Waals surface area contributed by atoms with Gasteiger partial charge in [0.1, 0.15) is 5.82 Å². The molecule has 0 radical (unpaired) electrons. The van der Waals surface area contributed by atoms with E-state index in [0.717, 1.165) is 11.8 Å². The molecule has 0 aliphatic rings. The molecule has 26 heavy (non-hydrogen) atoms. The molecule has 9 heteroatoms. The van der Waals surface area contributed by atoms with Gasteiger partial charge >= 0.3 is 0 Å². The van der Waals surface area contributed by atoms with E-state index >= 15 is 0 Å². The number of rotatable bonds is 6. The molecule has 1 aromatic carbocycles. The van der Waals surface area contributed by atoms with Gasteiger partial charge < -0.3 is 4.52 Å². The van der Waals surface area contributed by atoms with Gasteiger partial charge in [-0.25, -0.2) is 17.5 Å².